The highest BCUT2D eigenvalue weighted by atomic mass is 32.2. The fourth-order valence-electron chi connectivity index (χ4n) is 0.855. The number of nitrogens with two attached hydrogens (primary N) is 1. The number of thioether (sulfide) groups is 1. The Balaban J connectivity index is 2.41. The summed E-state index contributed by atoms with van der Waals surface area (Å²) in [5.41, 5.74) is 6.49. The molecule has 3 nitrogen and oxygen atoms in total. The number of aromatic nitrogens is 1. The smallest absolute Gasteiger partial charge is 0.123 e. The van der Waals surface area contributed by atoms with E-state index in [4.69, 9.17) is 5.73 Å². The molecule has 0 radical (unpaired) electrons. The van der Waals surface area contributed by atoms with Crippen molar-refractivity contribution in [2.24, 2.45) is 0 Å². The molecule has 1 aromatic rings. The Labute approximate surface area is 83.1 Å². The van der Waals surface area contributed by atoms with Crippen LogP contribution in [-0.2, 0) is 0 Å². The largest absolute Gasteiger partial charge is 0.384 e. The molecule has 0 aromatic carbocycles. The zero-order valence-electron chi connectivity index (χ0n) is 7.95. The lowest BCUT2D eigenvalue weighted by Crippen LogP contribution is -2.12. The van der Waals surface area contributed by atoms with E-state index in [1.54, 1.807) is 12.3 Å². The molecule has 0 saturated heterocycles. The molecule has 1 rings (SSSR count). The summed E-state index contributed by atoms with van der Waals surface area (Å²) in [5.74, 6) is 0.559. The number of nitrogens with one attached hydrogen (secondary N) is 1. The minimum atomic E-state index is 0.559. The van der Waals surface area contributed by atoms with Gasteiger partial charge in [0.25, 0.3) is 0 Å². The third-order valence-electron chi connectivity index (χ3n) is 1.78. The standard InChI is InChI=1S/C9H15N3S/c1-7(13-2)5-11-8-3-4-9(10)12-6-8/h3-4,6-7,11H,5H2,1-2H3,(H2,10,12). The van der Waals surface area contributed by atoms with Crippen LogP contribution in [0.3, 0.4) is 0 Å². The van der Waals surface area contributed by atoms with Gasteiger partial charge in [0.2, 0.25) is 0 Å². The predicted octanol–water partition coefficient (Wildman–Crippen LogP) is 1.83. The summed E-state index contributed by atoms with van der Waals surface area (Å²) in [4.78, 5) is 3.99. The van der Waals surface area contributed by atoms with Gasteiger partial charge in [-0.1, -0.05) is 6.92 Å². The van der Waals surface area contributed by atoms with Crippen molar-refractivity contribution in [3.8, 4) is 0 Å². The highest BCUT2D eigenvalue weighted by molar-refractivity contribution is 7.99. The van der Waals surface area contributed by atoms with Gasteiger partial charge >= 0.3 is 0 Å². The maximum atomic E-state index is 5.47. The lowest BCUT2D eigenvalue weighted by Gasteiger charge is -2.10. The second kappa shape index (κ2) is 4.97. The van der Waals surface area contributed by atoms with Gasteiger partial charge in [-0.15, -0.1) is 0 Å². The fourth-order valence-corrected chi connectivity index (χ4v) is 1.10. The molecule has 1 atom stereocenters. The van der Waals surface area contributed by atoms with Crippen molar-refractivity contribution >= 4 is 23.3 Å². The fraction of sp³-hybridized carbons (Fsp3) is 0.444. The maximum Gasteiger partial charge on any atom is 0.123 e. The molecule has 4 heteroatoms. The Morgan fingerprint density at radius 3 is 2.92 bits per heavy atom. The van der Waals surface area contributed by atoms with Crippen molar-refractivity contribution in [3.05, 3.63) is 18.3 Å². The average molecular weight is 197 g/mol. The van der Waals surface area contributed by atoms with Gasteiger partial charge in [0.05, 0.1) is 11.9 Å². The van der Waals surface area contributed by atoms with E-state index in [1.807, 2.05) is 17.8 Å². The van der Waals surface area contributed by atoms with Gasteiger partial charge < -0.3 is 11.1 Å². The van der Waals surface area contributed by atoms with Gasteiger partial charge in [0, 0.05) is 11.8 Å². The molecule has 0 saturated carbocycles. The van der Waals surface area contributed by atoms with E-state index in [1.165, 1.54) is 0 Å². The van der Waals surface area contributed by atoms with Crippen molar-refractivity contribution in [3.63, 3.8) is 0 Å². The number of pyridine rings is 1. The van der Waals surface area contributed by atoms with Crippen molar-refractivity contribution < 1.29 is 0 Å². The van der Waals surface area contributed by atoms with E-state index < -0.39 is 0 Å². The molecule has 0 aliphatic carbocycles. The van der Waals surface area contributed by atoms with E-state index in [2.05, 4.69) is 23.5 Å². The van der Waals surface area contributed by atoms with E-state index in [-0.39, 0.29) is 0 Å². The van der Waals surface area contributed by atoms with Gasteiger partial charge in [-0.25, -0.2) is 4.98 Å². The second-order valence-corrected chi connectivity index (χ2v) is 4.18. The van der Waals surface area contributed by atoms with Gasteiger partial charge in [0.15, 0.2) is 0 Å². The van der Waals surface area contributed by atoms with Crippen LogP contribution in [0.15, 0.2) is 18.3 Å². The minimum absolute atomic E-state index is 0.559. The first-order chi connectivity index (χ1) is 6.22. The first-order valence-corrected chi connectivity index (χ1v) is 5.49. The summed E-state index contributed by atoms with van der Waals surface area (Å²) in [6.07, 6.45) is 3.86. The molecule has 1 aromatic heterocycles. The quantitative estimate of drug-likeness (QED) is 0.773. The second-order valence-electron chi connectivity index (χ2n) is 2.90. The number of nitrogens with zero attached hydrogens (tertiary/aromatic N) is 1. The normalized spacial score (nSPS) is 12.5. The zero-order chi connectivity index (χ0) is 9.68. The van der Waals surface area contributed by atoms with E-state index in [0.29, 0.717) is 11.1 Å². The number of anilines is 2. The van der Waals surface area contributed by atoms with Crippen LogP contribution in [0.2, 0.25) is 0 Å². The first kappa shape index (κ1) is 10.2. The molecule has 0 aliphatic heterocycles. The number of hydrogen-bond donors (Lipinski definition) is 2. The lowest BCUT2D eigenvalue weighted by molar-refractivity contribution is 1.00. The molecule has 13 heavy (non-hydrogen) atoms. The predicted molar refractivity (Wildman–Crippen MR) is 60.1 cm³/mol. The Morgan fingerprint density at radius 2 is 2.38 bits per heavy atom. The number of nitrogen functional groups attached to an aromatic ring is 1. The van der Waals surface area contributed by atoms with Crippen LogP contribution in [0, 0.1) is 0 Å². The molecular formula is C9H15N3S. The lowest BCUT2D eigenvalue weighted by atomic mass is 10.4. The molecule has 72 valence electrons. The van der Waals surface area contributed by atoms with Crippen LogP contribution in [0.4, 0.5) is 11.5 Å². The van der Waals surface area contributed by atoms with Gasteiger partial charge in [-0.2, -0.15) is 11.8 Å². The summed E-state index contributed by atoms with van der Waals surface area (Å²) in [6.45, 7) is 3.13. The molecule has 0 aliphatic rings. The van der Waals surface area contributed by atoms with Crippen LogP contribution < -0.4 is 11.1 Å². The van der Waals surface area contributed by atoms with Crippen LogP contribution in [0.5, 0.6) is 0 Å². The summed E-state index contributed by atoms with van der Waals surface area (Å²) in [5, 5.41) is 3.89. The highest BCUT2D eigenvalue weighted by Crippen LogP contribution is 2.09. The van der Waals surface area contributed by atoms with Crippen molar-refractivity contribution in [1.29, 1.82) is 0 Å². The molecule has 0 spiro atoms. The van der Waals surface area contributed by atoms with Crippen LogP contribution in [0.1, 0.15) is 6.92 Å². The van der Waals surface area contributed by atoms with Gasteiger partial charge in [0.1, 0.15) is 5.82 Å². The third kappa shape index (κ3) is 3.55. The molecule has 1 heterocycles. The third-order valence-corrected chi connectivity index (χ3v) is 2.75. The summed E-state index contributed by atoms with van der Waals surface area (Å²) in [6, 6.07) is 3.74. The summed E-state index contributed by atoms with van der Waals surface area (Å²) in [7, 11) is 0. The topological polar surface area (TPSA) is 50.9 Å². The Bertz CT molecular complexity index is 248. The number of rotatable bonds is 4. The number of hydrogen-bond acceptors (Lipinski definition) is 4. The SMILES string of the molecule is CSC(C)CNc1ccc(N)nc1. The van der Waals surface area contributed by atoms with Gasteiger partial charge in [-0.05, 0) is 18.4 Å². The maximum absolute atomic E-state index is 5.47. The molecular weight excluding hydrogens is 182 g/mol. The van der Waals surface area contributed by atoms with Crippen LogP contribution >= 0.6 is 11.8 Å². The van der Waals surface area contributed by atoms with E-state index in [0.717, 1.165) is 12.2 Å². The molecule has 0 bridgehead atoms. The van der Waals surface area contributed by atoms with Crippen LogP contribution in [-0.4, -0.2) is 23.0 Å². The first-order valence-electron chi connectivity index (χ1n) is 4.20. The van der Waals surface area contributed by atoms with E-state index in [9.17, 15) is 0 Å². The van der Waals surface area contributed by atoms with Crippen LogP contribution in [0.25, 0.3) is 0 Å². The Kier molecular flexibility index (Phi) is 3.89. The van der Waals surface area contributed by atoms with Crippen molar-refractivity contribution in [2.45, 2.75) is 12.2 Å². The Hall–Kier alpha value is -0.900. The summed E-state index contributed by atoms with van der Waals surface area (Å²) < 4.78 is 0. The minimum Gasteiger partial charge on any atom is -0.384 e. The highest BCUT2D eigenvalue weighted by Gasteiger charge is 1.98. The molecule has 0 fully saturated rings. The van der Waals surface area contributed by atoms with E-state index >= 15 is 0 Å². The van der Waals surface area contributed by atoms with Crippen molar-refractivity contribution in [2.75, 3.05) is 23.9 Å². The summed E-state index contributed by atoms with van der Waals surface area (Å²) >= 11 is 1.84. The Morgan fingerprint density at radius 1 is 1.62 bits per heavy atom. The molecule has 0 amide bonds. The molecule has 1 unspecified atom stereocenters. The molecule has 3 N–H and O–H groups in total. The van der Waals surface area contributed by atoms with Crippen molar-refractivity contribution in [1.82, 2.24) is 4.98 Å². The monoisotopic (exact) mass is 197 g/mol. The average Bonchev–Trinajstić information content (AvgIpc) is 2.16. The van der Waals surface area contributed by atoms with Gasteiger partial charge in [-0.3, -0.25) is 0 Å². The zero-order valence-corrected chi connectivity index (χ0v) is 8.77.